The van der Waals surface area contributed by atoms with Crippen molar-refractivity contribution in [2.45, 2.75) is 6.42 Å². The molecule has 4 rings (SSSR count). The number of phenolic OH excluding ortho intramolecular Hbond substituents is 1. The summed E-state index contributed by atoms with van der Waals surface area (Å²) in [6.45, 7) is 0. The number of halogens is 5. The van der Waals surface area contributed by atoms with E-state index in [0.717, 1.165) is 0 Å². The van der Waals surface area contributed by atoms with Crippen molar-refractivity contribution < 1.29 is 45.7 Å². The zero-order valence-electron chi connectivity index (χ0n) is 16.7. The molecule has 0 aliphatic rings. The van der Waals surface area contributed by atoms with Gasteiger partial charge in [-0.25, -0.2) is 13.2 Å². The molecule has 1 heterocycles. The zero-order chi connectivity index (χ0) is 23.9. The fraction of sp³-hybridized carbons (Fsp3) is 0.0870. The Morgan fingerprint density at radius 3 is 2.24 bits per heavy atom. The SMILES string of the molecule is COc1cc(-c2cc3cc(CC(=O)Oc4c(F)c(F)c(F)c(F)c4F)ccc3o2)ccc1O. The van der Waals surface area contributed by atoms with E-state index in [4.69, 9.17) is 9.15 Å². The minimum Gasteiger partial charge on any atom is -0.504 e. The molecule has 0 aliphatic heterocycles. The van der Waals surface area contributed by atoms with Crippen molar-refractivity contribution in [3.8, 4) is 28.6 Å². The van der Waals surface area contributed by atoms with Crippen LogP contribution in [0.5, 0.6) is 17.2 Å². The largest absolute Gasteiger partial charge is 0.504 e. The molecule has 0 radical (unpaired) electrons. The molecule has 0 saturated heterocycles. The molecule has 4 aromatic rings. The Hall–Kier alpha value is -4.08. The Morgan fingerprint density at radius 2 is 1.58 bits per heavy atom. The second-order valence-electron chi connectivity index (χ2n) is 6.92. The normalized spacial score (nSPS) is 11.1. The minimum atomic E-state index is -2.35. The predicted octanol–water partition coefficient (Wildman–Crippen LogP) is 5.66. The van der Waals surface area contributed by atoms with Crippen LogP contribution in [-0.2, 0) is 11.2 Å². The molecule has 0 bridgehead atoms. The number of hydrogen-bond acceptors (Lipinski definition) is 5. The van der Waals surface area contributed by atoms with E-state index in [1.54, 1.807) is 24.3 Å². The van der Waals surface area contributed by atoms with Gasteiger partial charge in [0.2, 0.25) is 34.8 Å². The van der Waals surface area contributed by atoms with Crippen molar-refractivity contribution in [1.82, 2.24) is 0 Å². The van der Waals surface area contributed by atoms with E-state index < -0.39 is 47.2 Å². The molecular formula is C23H13F5O5. The standard InChI is InChI=1S/C23H13F5O5/c1-31-16-8-11(3-4-13(16)29)15-9-12-6-10(2-5-14(12)32-15)7-17(30)33-23-21(27)19(25)18(24)20(26)22(23)28/h2-6,8-9,29H,7H2,1H3. The van der Waals surface area contributed by atoms with Gasteiger partial charge in [0, 0.05) is 10.9 Å². The van der Waals surface area contributed by atoms with Gasteiger partial charge in [0.25, 0.3) is 0 Å². The summed E-state index contributed by atoms with van der Waals surface area (Å²) < 4.78 is 82.4. The summed E-state index contributed by atoms with van der Waals surface area (Å²) in [5.74, 6) is -13.5. The lowest BCUT2D eigenvalue weighted by molar-refractivity contribution is -0.134. The summed E-state index contributed by atoms with van der Waals surface area (Å²) in [6, 6.07) is 10.8. The number of aromatic hydroxyl groups is 1. The number of furan rings is 1. The van der Waals surface area contributed by atoms with E-state index in [0.29, 0.717) is 27.9 Å². The van der Waals surface area contributed by atoms with Crippen molar-refractivity contribution in [3.63, 3.8) is 0 Å². The van der Waals surface area contributed by atoms with Crippen LogP contribution >= 0.6 is 0 Å². The van der Waals surface area contributed by atoms with E-state index >= 15 is 0 Å². The molecule has 0 saturated carbocycles. The topological polar surface area (TPSA) is 68.9 Å². The second-order valence-corrected chi connectivity index (χ2v) is 6.92. The Morgan fingerprint density at radius 1 is 0.909 bits per heavy atom. The van der Waals surface area contributed by atoms with Gasteiger partial charge in [-0.2, -0.15) is 8.78 Å². The number of carbonyl (C=O) groups is 1. The fourth-order valence-electron chi connectivity index (χ4n) is 3.17. The third kappa shape index (κ3) is 4.07. The lowest BCUT2D eigenvalue weighted by atomic mass is 10.1. The summed E-state index contributed by atoms with van der Waals surface area (Å²) in [6.07, 6.45) is -0.511. The molecule has 1 aromatic heterocycles. The van der Waals surface area contributed by atoms with Gasteiger partial charge in [-0.15, -0.1) is 0 Å². The van der Waals surface area contributed by atoms with Crippen LogP contribution in [0.3, 0.4) is 0 Å². The van der Waals surface area contributed by atoms with Crippen LogP contribution in [0.1, 0.15) is 5.56 Å². The van der Waals surface area contributed by atoms with Crippen LogP contribution in [0, 0.1) is 29.1 Å². The van der Waals surface area contributed by atoms with Crippen LogP contribution < -0.4 is 9.47 Å². The third-order valence-corrected chi connectivity index (χ3v) is 4.78. The van der Waals surface area contributed by atoms with Crippen molar-refractivity contribution in [2.75, 3.05) is 7.11 Å². The number of ether oxygens (including phenoxy) is 2. The maximum Gasteiger partial charge on any atom is 0.315 e. The Kier molecular flexibility index (Phi) is 5.67. The number of methoxy groups -OCH3 is 1. The van der Waals surface area contributed by atoms with Crippen LogP contribution in [0.4, 0.5) is 22.0 Å². The quantitative estimate of drug-likeness (QED) is 0.136. The predicted molar refractivity (Wildman–Crippen MR) is 105 cm³/mol. The highest BCUT2D eigenvalue weighted by molar-refractivity contribution is 5.85. The van der Waals surface area contributed by atoms with Crippen LogP contribution in [0.15, 0.2) is 46.9 Å². The van der Waals surface area contributed by atoms with Gasteiger partial charge in [0.1, 0.15) is 11.3 Å². The minimum absolute atomic E-state index is 0.0491. The van der Waals surface area contributed by atoms with E-state index in [2.05, 4.69) is 4.74 Å². The number of phenols is 1. The van der Waals surface area contributed by atoms with E-state index in [9.17, 15) is 31.9 Å². The molecule has 0 atom stereocenters. The maximum atomic E-state index is 13.7. The van der Waals surface area contributed by atoms with Gasteiger partial charge in [0.15, 0.2) is 11.5 Å². The third-order valence-electron chi connectivity index (χ3n) is 4.78. The number of fused-ring (bicyclic) bond motifs is 1. The van der Waals surface area contributed by atoms with Crippen molar-refractivity contribution in [3.05, 3.63) is 77.1 Å². The average molecular weight is 464 g/mol. The molecule has 3 aromatic carbocycles. The molecule has 5 nitrogen and oxygen atoms in total. The highest BCUT2D eigenvalue weighted by Gasteiger charge is 2.28. The number of rotatable bonds is 5. The molecule has 0 unspecified atom stereocenters. The Balaban J connectivity index is 1.57. The lowest BCUT2D eigenvalue weighted by Crippen LogP contribution is -2.15. The maximum absolute atomic E-state index is 13.7. The van der Waals surface area contributed by atoms with Crippen molar-refractivity contribution >= 4 is 16.9 Å². The highest BCUT2D eigenvalue weighted by Crippen LogP contribution is 2.34. The first kappa shape index (κ1) is 22.1. The summed E-state index contributed by atoms with van der Waals surface area (Å²) in [4.78, 5) is 12.1. The molecular weight excluding hydrogens is 451 g/mol. The van der Waals surface area contributed by atoms with Crippen LogP contribution in [0.2, 0.25) is 0 Å². The molecule has 10 heteroatoms. The van der Waals surface area contributed by atoms with Gasteiger partial charge in [0.05, 0.1) is 13.5 Å². The molecule has 0 aliphatic carbocycles. The van der Waals surface area contributed by atoms with Gasteiger partial charge in [-0.3, -0.25) is 4.79 Å². The number of carbonyl (C=O) groups excluding carboxylic acids is 1. The first-order valence-electron chi connectivity index (χ1n) is 9.31. The summed E-state index contributed by atoms with van der Waals surface area (Å²) in [5, 5.41) is 10.3. The number of hydrogen-bond donors (Lipinski definition) is 1. The molecule has 0 amide bonds. The lowest BCUT2D eigenvalue weighted by Gasteiger charge is -2.09. The van der Waals surface area contributed by atoms with Crippen LogP contribution in [-0.4, -0.2) is 18.2 Å². The first-order valence-corrected chi connectivity index (χ1v) is 9.31. The molecule has 0 spiro atoms. The van der Waals surface area contributed by atoms with Gasteiger partial charge < -0.3 is 19.0 Å². The zero-order valence-corrected chi connectivity index (χ0v) is 16.7. The first-order chi connectivity index (χ1) is 15.7. The summed E-state index contributed by atoms with van der Waals surface area (Å²) in [7, 11) is 1.40. The number of esters is 1. The number of benzene rings is 3. The Bertz CT molecular complexity index is 1370. The fourth-order valence-corrected chi connectivity index (χ4v) is 3.17. The van der Waals surface area contributed by atoms with Crippen molar-refractivity contribution in [1.29, 1.82) is 0 Å². The van der Waals surface area contributed by atoms with Gasteiger partial charge in [-0.05, 0) is 42.0 Å². The van der Waals surface area contributed by atoms with E-state index in [-0.39, 0.29) is 11.5 Å². The highest BCUT2D eigenvalue weighted by atomic mass is 19.2. The van der Waals surface area contributed by atoms with Crippen LogP contribution in [0.25, 0.3) is 22.3 Å². The molecule has 170 valence electrons. The molecule has 0 fully saturated rings. The van der Waals surface area contributed by atoms with Crippen molar-refractivity contribution in [2.24, 2.45) is 0 Å². The second kappa shape index (κ2) is 8.45. The monoisotopic (exact) mass is 464 g/mol. The summed E-state index contributed by atoms with van der Waals surface area (Å²) >= 11 is 0. The molecule has 1 N–H and O–H groups in total. The average Bonchev–Trinajstić information content (AvgIpc) is 3.23. The molecule has 33 heavy (non-hydrogen) atoms. The Labute approximate surface area is 182 Å². The van der Waals surface area contributed by atoms with Gasteiger partial charge >= 0.3 is 5.97 Å². The smallest absolute Gasteiger partial charge is 0.315 e. The van der Waals surface area contributed by atoms with E-state index in [1.807, 2.05) is 0 Å². The van der Waals surface area contributed by atoms with Gasteiger partial charge in [-0.1, -0.05) is 6.07 Å². The van der Waals surface area contributed by atoms with E-state index in [1.165, 1.54) is 25.3 Å². The summed E-state index contributed by atoms with van der Waals surface area (Å²) in [5.41, 5.74) is 1.40.